The molecular formula is C41H64N10O13S2. The first-order valence-electron chi connectivity index (χ1n) is 21.2. The minimum absolute atomic E-state index is 0.0403. The maximum atomic E-state index is 13.8. The number of carboxylic acids is 1. The number of hydrogen-bond acceptors (Lipinski definition) is 15. The number of phenols is 1. The summed E-state index contributed by atoms with van der Waals surface area (Å²) in [5.41, 5.74) is 11.7. The van der Waals surface area contributed by atoms with Crippen LogP contribution < -0.4 is 48.7 Å². The lowest BCUT2D eigenvalue weighted by atomic mass is 10.00. The van der Waals surface area contributed by atoms with E-state index in [1.807, 2.05) is 0 Å². The van der Waals surface area contributed by atoms with Crippen molar-refractivity contribution >= 4 is 84.4 Å². The van der Waals surface area contributed by atoms with Crippen LogP contribution in [0.4, 0.5) is 0 Å². The lowest BCUT2D eigenvalue weighted by molar-refractivity contribution is -0.142. The number of likely N-dealkylation sites (tertiary alicyclic amines) is 1. The number of nitrogens with one attached hydrogen (secondary N) is 7. The molecule has 1 heterocycles. The van der Waals surface area contributed by atoms with Gasteiger partial charge in [-0.25, -0.2) is 0 Å². The number of carbonyl (C=O) groups excluding carboxylic acids is 9. The van der Waals surface area contributed by atoms with Gasteiger partial charge < -0.3 is 68.9 Å². The van der Waals surface area contributed by atoms with Gasteiger partial charge in [-0.2, -0.15) is 25.3 Å². The average molecular weight is 969 g/mol. The van der Waals surface area contributed by atoms with Crippen molar-refractivity contribution < 1.29 is 63.3 Å². The van der Waals surface area contributed by atoms with E-state index in [9.17, 15) is 58.2 Å². The van der Waals surface area contributed by atoms with E-state index in [1.165, 1.54) is 29.2 Å². The van der Waals surface area contributed by atoms with Crippen molar-refractivity contribution in [1.29, 1.82) is 0 Å². The topological polar surface area (TPSA) is 371 Å². The highest BCUT2D eigenvalue weighted by Gasteiger charge is 2.40. The number of thiol groups is 2. The minimum Gasteiger partial charge on any atom is -0.508 e. The van der Waals surface area contributed by atoms with E-state index in [0.717, 1.165) is 6.92 Å². The summed E-state index contributed by atoms with van der Waals surface area (Å²) >= 11 is 8.23. The predicted octanol–water partition coefficient (Wildman–Crippen LogP) is -3.82. The molecule has 1 aromatic carbocycles. The van der Waals surface area contributed by atoms with Gasteiger partial charge in [0.05, 0.1) is 18.6 Å². The second-order valence-electron chi connectivity index (χ2n) is 16.6. The summed E-state index contributed by atoms with van der Waals surface area (Å²) in [5.74, 6) is -10.4. The first-order valence-corrected chi connectivity index (χ1v) is 22.5. The maximum absolute atomic E-state index is 13.8. The highest BCUT2D eigenvalue weighted by Crippen LogP contribution is 2.20. The van der Waals surface area contributed by atoms with Gasteiger partial charge in [-0.1, -0.05) is 39.8 Å². The molecule has 0 saturated carbocycles. The van der Waals surface area contributed by atoms with Crippen LogP contribution in [-0.2, 0) is 54.4 Å². The summed E-state index contributed by atoms with van der Waals surface area (Å²) in [6, 6.07) is -5.12. The fourth-order valence-corrected chi connectivity index (χ4v) is 7.18. The third kappa shape index (κ3) is 18.0. The lowest BCUT2D eigenvalue weighted by Crippen LogP contribution is -2.63. The largest absolute Gasteiger partial charge is 0.508 e. The number of amides is 9. The lowest BCUT2D eigenvalue weighted by Gasteiger charge is -2.31. The molecule has 66 heavy (non-hydrogen) atoms. The van der Waals surface area contributed by atoms with E-state index in [-0.39, 0.29) is 49.0 Å². The van der Waals surface area contributed by atoms with E-state index in [0.29, 0.717) is 12.0 Å². The smallest absolute Gasteiger partial charge is 0.322 e. The van der Waals surface area contributed by atoms with Crippen molar-refractivity contribution in [2.24, 2.45) is 23.3 Å². The Balaban J connectivity index is 2.26. The summed E-state index contributed by atoms with van der Waals surface area (Å²) in [6.45, 7) is 7.28. The molecule has 0 aliphatic carbocycles. The Morgan fingerprint density at radius 2 is 1.29 bits per heavy atom. The summed E-state index contributed by atoms with van der Waals surface area (Å²) in [6.07, 6.45) is -1.81. The van der Waals surface area contributed by atoms with Crippen LogP contribution in [0.25, 0.3) is 0 Å². The zero-order valence-electron chi connectivity index (χ0n) is 37.4. The van der Waals surface area contributed by atoms with Gasteiger partial charge >= 0.3 is 5.97 Å². The molecule has 1 aromatic rings. The number of aromatic hydroxyl groups is 1. The predicted molar refractivity (Wildman–Crippen MR) is 244 cm³/mol. The first-order chi connectivity index (χ1) is 30.9. The van der Waals surface area contributed by atoms with E-state index in [4.69, 9.17) is 16.6 Å². The van der Waals surface area contributed by atoms with Gasteiger partial charge in [-0.05, 0) is 55.7 Å². The molecule has 0 spiro atoms. The van der Waals surface area contributed by atoms with Crippen molar-refractivity contribution in [2.45, 2.75) is 121 Å². The van der Waals surface area contributed by atoms with Crippen LogP contribution in [0.15, 0.2) is 24.3 Å². The number of rotatable bonds is 26. The summed E-state index contributed by atoms with van der Waals surface area (Å²) in [4.78, 5) is 132. The number of aliphatic hydroxyl groups is 1. The van der Waals surface area contributed by atoms with Gasteiger partial charge in [0.25, 0.3) is 0 Å². The van der Waals surface area contributed by atoms with Gasteiger partial charge in [-0.3, -0.25) is 47.9 Å². The number of nitrogens with two attached hydrogens (primary N) is 2. The maximum Gasteiger partial charge on any atom is 0.322 e. The first kappa shape index (κ1) is 56.5. The molecule has 0 unspecified atom stereocenters. The number of benzene rings is 1. The van der Waals surface area contributed by atoms with Gasteiger partial charge in [0, 0.05) is 24.5 Å². The fourth-order valence-electron chi connectivity index (χ4n) is 6.77. The molecule has 2 rings (SSSR count). The van der Waals surface area contributed by atoms with E-state index < -0.39 is 132 Å². The molecule has 1 aliphatic heterocycles. The van der Waals surface area contributed by atoms with Crippen LogP contribution in [0.5, 0.6) is 5.75 Å². The Bertz CT molecular complexity index is 1910. The Labute approximate surface area is 393 Å². The fraction of sp³-hybridized carbons (Fsp3) is 0.610. The molecule has 368 valence electrons. The van der Waals surface area contributed by atoms with E-state index in [1.54, 1.807) is 27.7 Å². The summed E-state index contributed by atoms with van der Waals surface area (Å²) in [7, 11) is 0. The van der Waals surface area contributed by atoms with Crippen LogP contribution in [0.2, 0.25) is 0 Å². The highest BCUT2D eigenvalue weighted by molar-refractivity contribution is 7.80. The molecule has 1 saturated heterocycles. The zero-order valence-corrected chi connectivity index (χ0v) is 39.2. The third-order valence-electron chi connectivity index (χ3n) is 10.3. The van der Waals surface area contributed by atoms with Crippen molar-refractivity contribution in [3.63, 3.8) is 0 Å². The van der Waals surface area contributed by atoms with Crippen LogP contribution in [0, 0.1) is 11.8 Å². The molecule has 25 heteroatoms. The van der Waals surface area contributed by atoms with E-state index in [2.05, 4.69) is 62.5 Å². The number of phenolic OH excluding ortho intramolecular Hbond substituents is 1. The normalized spacial score (nSPS) is 17.1. The van der Waals surface area contributed by atoms with Crippen LogP contribution >= 0.6 is 25.3 Å². The molecule has 23 nitrogen and oxygen atoms in total. The van der Waals surface area contributed by atoms with Crippen molar-refractivity contribution in [1.82, 2.24) is 42.1 Å². The van der Waals surface area contributed by atoms with Crippen LogP contribution in [0.1, 0.15) is 65.9 Å². The number of aliphatic carboxylic acids is 1. The Morgan fingerprint density at radius 1 is 0.727 bits per heavy atom. The van der Waals surface area contributed by atoms with Crippen LogP contribution in [-0.4, -0.2) is 158 Å². The number of nitrogens with zero attached hydrogens (tertiary/aromatic N) is 1. The number of primary amides is 1. The highest BCUT2D eigenvalue weighted by atomic mass is 32.1. The molecule has 14 N–H and O–H groups in total. The second-order valence-corrected chi connectivity index (χ2v) is 17.4. The zero-order chi connectivity index (χ0) is 50.0. The molecule has 1 aliphatic rings. The quantitative estimate of drug-likeness (QED) is 0.0396. The van der Waals surface area contributed by atoms with Crippen molar-refractivity contribution in [2.75, 3.05) is 24.6 Å². The second kappa shape index (κ2) is 27.1. The molecule has 9 amide bonds. The molecule has 0 radical (unpaired) electrons. The number of aliphatic hydroxyl groups excluding tert-OH is 1. The summed E-state index contributed by atoms with van der Waals surface area (Å²) < 4.78 is 0. The molecular weight excluding hydrogens is 905 g/mol. The molecule has 9 atom stereocenters. The van der Waals surface area contributed by atoms with Gasteiger partial charge in [0.1, 0.15) is 54.6 Å². The Hall–Kier alpha value is -5.66. The van der Waals surface area contributed by atoms with Crippen LogP contribution in [0.3, 0.4) is 0 Å². The van der Waals surface area contributed by atoms with Gasteiger partial charge in [0.2, 0.25) is 53.2 Å². The molecule has 0 bridgehead atoms. The average Bonchev–Trinajstić information content (AvgIpc) is 3.74. The molecule has 0 aromatic heterocycles. The Kier molecular flexibility index (Phi) is 23.2. The summed E-state index contributed by atoms with van der Waals surface area (Å²) in [5, 5.41) is 46.3. The number of hydrogen-bond donors (Lipinski definition) is 14. The standard InChI is InChI=1S/C41H64N10O13S2/c1-19(2)13-25(35(58)44-16-31(55)56)46-38(61)29-7-6-12-51(29)41(64)28(18-66)48-36(59)27(15-30(43)54)47-40(63)33(21(5)52)50-39(62)32(20(3)4)49-37(60)26(45-34(57)24(42)17-65)14-22-8-10-23(53)11-9-22/h8-11,19-21,24-29,32-33,52-53,65-66H,6-7,12-18,42H2,1-5H3,(H2,43,54)(H,44,58)(H,45,57)(H,46,61)(H,47,63)(H,48,59)(H,49,60)(H,50,62)(H,55,56)/t21-,24+,25+,26+,27+,28+,29+,32+,33+/m1/s1. The number of carbonyl (C=O) groups is 10. The van der Waals surface area contributed by atoms with Crippen molar-refractivity contribution in [3.8, 4) is 5.75 Å². The minimum atomic E-state index is -1.79. The molecule has 1 fully saturated rings. The SMILES string of the molecule is CC(C)C[C@H](NC(=O)[C@@H]1CCCN1C(=O)[C@H](CS)NC(=O)[C@H](CC(N)=O)NC(=O)[C@@H](NC(=O)[C@@H](NC(=O)[C@H](Cc1ccc(O)cc1)NC(=O)[C@@H](N)CS)C(C)C)[C@@H](C)O)C(=O)NCC(=O)O. The van der Waals surface area contributed by atoms with Gasteiger partial charge in [-0.15, -0.1) is 0 Å². The van der Waals surface area contributed by atoms with Gasteiger partial charge in [0.15, 0.2) is 0 Å². The Morgan fingerprint density at radius 3 is 1.82 bits per heavy atom. The number of carboxylic acid groups (broad SMARTS) is 1. The third-order valence-corrected chi connectivity index (χ3v) is 11.0. The van der Waals surface area contributed by atoms with Crippen molar-refractivity contribution in [3.05, 3.63) is 29.8 Å². The van der Waals surface area contributed by atoms with E-state index >= 15 is 0 Å². The monoisotopic (exact) mass is 968 g/mol.